The van der Waals surface area contributed by atoms with Crippen molar-refractivity contribution in [3.8, 4) is 0 Å². The molecule has 27 heavy (non-hydrogen) atoms. The van der Waals surface area contributed by atoms with E-state index in [1.54, 1.807) is 11.8 Å². The summed E-state index contributed by atoms with van der Waals surface area (Å²) in [6.07, 6.45) is 0.773. The van der Waals surface area contributed by atoms with Gasteiger partial charge in [0.05, 0.1) is 18.5 Å². The van der Waals surface area contributed by atoms with Crippen LogP contribution in [0.4, 0.5) is 5.69 Å². The summed E-state index contributed by atoms with van der Waals surface area (Å²) in [5.74, 6) is 0.0645. The third-order valence-corrected chi connectivity index (χ3v) is 6.16. The number of anilines is 1. The molecule has 1 aliphatic heterocycles. The second-order valence-corrected chi connectivity index (χ2v) is 8.16. The molecule has 0 radical (unpaired) electrons. The summed E-state index contributed by atoms with van der Waals surface area (Å²) in [5, 5.41) is 3.65. The molecule has 1 heterocycles. The largest absolute Gasteiger partial charge is 0.378 e. The van der Waals surface area contributed by atoms with Gasteiger partial charge in [0.15, 0.2) is 0 Å². The first kappa shape index (κ1) is 20.1. The molecule has 3 rings (SSSR count). The van der Waals surface area contributed by atoms with Crippen LogP contribution < -0.4 is 10.2 Å². The van der Waals surface area contributed by atoms with E-state index in [2.05, 4.69) is 34.5 Å². The van der Waals surface area contributed by atoms with Gasteiger partial charge in [-0.15, -0.1) is 11.8 Å². The Morgan fingerprint density at radius 2 is 1.81 bits per heavy atom. The van der Waals surface area contributed by atoms with E-state index < -0.39 is 0 Å². The lowest BCUT2D eigenvalue weighted by Crippen LogP contribution is -2.36. The standard InChI is InChI=1S/C21H25ClN2O2S/c1-2-20(27-19-9-5-17(22)6-10-19)21(25)23-15-16-3-7-18(8-4-16)24-11-13-26-14-12-24/h3-10,20H,2,11-15H2,1H3,(H,23,25)/t20-/m0/s1. The number of benzene rings is 2. The molecule has 1 amide bonds. The number of rotatable bonds is 7. The normalized spacial score (nSPS) is 15.4. The Balaban J connectivity index is 1.51. The number of amides is 1. The van der Waals surface area contributed by atoms with Gasteiger partial charge in [0.25, 0.3) is 0 Å². The van der Waals surface area contributed by atoms with Gasteiger partial charge in [-0.2, -0.15) is 0 Å². The smallest absolute Gasteiger partial charge is 0.233 e. The molecule has 1 fully saturated rings. The fourth-order valence-corrected chi connectivity index (χ4v) is 4.05. The van der Waals surface area contributed by atoms with Gasteiger partial charge in [-0.05, 0) is 48.4 Å². The van der Waals surface area contributed by atoms with Crippen LogP contribution in [0, 0.1) is 0 Å². The zero-order chi connectivity index (χ0) is 19.1. The van der Waals surface area contributed by atoms with E-state index in [1.165, 1.54) is 5.69 Å². The predicted molar refractivity (Wildman–Crippen MR) is 113 cm³/mol. The topological polar surface area (TPSA) is 41.6 Å². The van der Waals surface area contributed by atoms with Crippen LogP contribution in [0.5, 0.6) is 0 Å². The zero-order valence-corrected chi connectivity index (χ0v) is 17.1. The van der Waals surface area contributed by atoms with Crippen LogP contribution in [0.2, 0.25) is 5.02 Å². The highest BCUT2D eigenvalue weighted by molar-refractivity contribution is 8.00. The van der Waals surface area contributed by atoms with Gasteiger partial charge >= 0.3 is 0 Å². The number of halogens is 1. The maximum Gasteiger partial charge on any atom is 0.233 e. The van der Waals surface area contributed by atoms with Crippen LogP contribution in [0.3, 0.4) is 0 Å². The first-order valence-corrected chi connectivity index (χ1v) is 10.5. The fraction of sp³-hybridized carbons (Fsp3) is 0.381. The number of carbonyl (C=O) groups is 1. The van der Waals surface area contributed by atoms with Crippen molar-refractivity contribution in [3.05, 3.63) is 59.1 Å². The third-order valence-electron chi connectivity index (χ3n) is 4.53. The van der Waals surface area contributed by atoms with E-state index >= 15 is 0 Å². The van der Waals surface area contributed by atoms with Crippen LogP contribution in [-0.2, 0) is 16.1 Å². The van der Waals surface area contributed by atoms with Crippen molar-refractivity contribution in [2.24, 2.45) is 0 Å². The van der Waals surface area contributed by atoms with Crippen molar-refractivity contribution in [1.29, 1.82) is 0 Å². The van der Waals surface area contributed by atoms with Crippen LogP contribution in [0.1, 0.15) is 18.9 Å². The van der Waals surface area contributed by atoms with Gasteiger partial charge in [-0.3, -0.25) is 4.79 Å². The minimum Gasteiger partial charge on any atom is -0.378 e. The molecule has 1 N–H and O–H groups in total. The van der Waals surface area contributed by atoms with E-state index in [4.69, 9.17) is 16.3 Å². The van der Waals surface area contributed by atoms with Crippen molar-refractivity contribution < 1.29 is 9.53 Å². The summed E-state index contributed by atoms with van der Waals surface area (Å²) >= 11 is 7.50. The van der Waals surface area contributed by atoms with Crippen molar-refractivity contribution in [2.45, 2.75) is 30.0 Å². The summed E-state index contributed by atoms with van der Waals surface area (Å²) in [5.41, 5.74) is 2.31. The predicted octanol–water partition coefficient (Wildman–Crippen LogP) is 4.36. The third kappa shape index (κ3) is 5.89. The molecule has 6 heteroatoms. The minimum atomic E-state index is -0.112. The maximum absolute atomic E-state index is 12.6. The molecule has 0 unspecified atom stereocenters. The van der Waals surface area contributed by atoms with E-state index in [9.17, 15) is 4.79 Å². The SMILES string of the molecule is CC[C@H](Sc1ccc(Cl)cc1)C(=O)NCc1ccc(N2CCOCC2)cc1. The molecule has 0 bridgehead atoms. The summed E-state index contributed by atoms with van der Waals surface area (Å²) < 4.78 is 5.39. The molecule has 2 aromatic rings. The van der Waals surface area contributed by atoms with Crippen molar-refractivity contribution >= 4 is 35.0 Å². The molecule has 1 saturated heterocycles. The van der Waals surface area contributed by atoms with E-state index in [1.807, 2.05) is 31.2 Å². The van der Waals surface area contributed by atoms with Gasteiger partial charge in [0.2, 0.25) is 5.91 Å². The van der Waals surface area contributed by atoms with Gasteiger partial charge in [-0.1, -0.05) is 30.7 Å². The highest BCUT2D eigenvalue weighted by Crippen LogP contribution is 2.27. The summed E-state index contributed by atoms with van der Waals surface area (Å²) in [6, 6.07) is 16.0. The molecule has 1 atom stereocenters. The molecule has 4 nitrogen and oxygen atoms in total. The van der Waals surface area contributed by atoms with Crippen LogP contribution in [-0.4, -0.2) is 37.5 Å². The van der Waals surface area contributed by atoms with Crippen molar-refractivity contribution in [3.63, 3.8) is 0 Å². The molecule has 1 aliphatic rings. The summed E-state index contributed by atoms with van der Waals surface area (Å²) in [7, 11) is 0. The number of thioether (sulfide) groups is 1. The Morgan fingerprint density at radius 3 is 2.44 bits per heavy atom. The number of hydrogen-bond acceptors (Lipinski definition) is 4. The number of carbonyl (C=O) groups excluding carboxylic acids is 1. The first-order valence-electron chi connectivity index (χ1n) is 9.27. The lowest BCUT2D eigenvalue weighted by molar-refractivity contribution is -0.120. The Bertz CT molecular complexity index is 731. The molecule has 144 valence electrons. The van der Waals surface area contributed by atoms with Gasteiger partial charge in [-0.25, -0.2) is 0 Å². The van der Waals surface area contributed by atoms with Gasteiger partial charge in [0, 0.05) is 35.2 Å². The second kappa shape index (κ2) is 10.0. The number of hydrogen-bond donors (Lipinski definition) is 1. The Hall–Kier alpha value is -1.69. The van der Waals surface area contributed by atoms with Crippen molar-refractivity contribution in [1.82, 2.24) is 5.32 Å². The minimum absolute atomic E-state index is 0.0645. The molecule has 0 aromatic heterocycles. The maximum atomic E-state index is 12.6. The van der Waals surface area contributed by atoms with Gasteiger partial charge < -0.3 is 15.0 Å². The average molecular weight is 405 g/mol. The molecule has 2 aromatic carbocycles. The lowest BCUT2D eigenvalue weighted by atomic mass is 10.2. The first-order chi connectivity index (χ1) is 13.2. The number of morpholine rings is 1. The quantitative estimate of drug-likeness (QED) is 0.696. The van der Waals surface area contributed by atoms with Gasteiger partial charge in [0.1, 0.15) is 0 Å². The number of ether oxygens (including phenoxy) is 1. The monoisotopic (exact) mass is 404 g/mol. The molecule has 0 saturated carbocycles. The number of nitrogens with zero attached hydrogens (tertiary/aromatic N) is 1. The molecule has 0 spiro atoms. The van der Waals surface area contributed by atoms with Crippen molar-refractivity contribution in [2.75, 3.05) is 31.2 Å². The molecular formula is C21H25ClN2O2S. The van der Waals surface area contributed by atoms with Crippen LogP contribution in [0.15, 0.2) is 53.4 Å². The highest BCUT2D eigenvalue weighted by Gasteiger charge is 2.17. The Morgan fingerprint density at radius 1 is 1.15 bits per heavy atom. The van der Waals surface area contributed by atoms with E-state index in [0.29, 0.717) is 11.6 Å². The fourth-order valence-electron chi connectivity index (χ4n) is 2.95. The lowest BCUT2D eigenvalue weighted by Gasteiger charge is -2.28. The Labute approximate surface area is 170 Å². The van der Waals surface area contributed by atoms with E-state index in [-0.39, 0.29) is 11.2 Å². The molecular weight excluding hydrogens is 380 g/mol. The van der Waals surface area contributed by atoms with Crippen LogP contribution in [0.25, 0.3) is 0 Å². The zero-order valence-electron chi connectivity index (χ0n) is 15.5. The number of nitrogens with one attached hydrogen (secondary N) is 1. The van der Waals surface area contributed by atoms with Crippen LogP contribution >= 0.6 is 23.4 Å². The second-order valence-electron chi connectivity index (χ2n) is 6.45. The summed E-state index contributed by atoms with van der Waals surface area (Å²) in [4.78, 5) is 15.9. The Kier molecular flexibility index (Phi) is 7.44. The van der Waals surface area contributed by atoms with E-state index in [0.717, 1.165) is 43.2 Å². The molecule has 0 aliphatic carbocycles. The highest BCUT2D eigenvalue weighted by atomic mass is 35.5. The average Bonchev–Trinajstić information content (AvgIpc) is 2.72. The summed E-state index contributed by atoms with van der Waals surface area (Å²) in [6.45, 7) is 5.99.